The van der Waals surface area contributed by atoms with Gasteiger partial charge < -0.3 is 19.1 Å². The molecule has 0 unspecified atom stereocenters. The summed E-state index contributed by atoms with van der Waals surface area (Å²) in [5.41, 5.74) is 15.2. The minimum Gasteiger partial charge on any atom is -0.509 e. The van der Waals surface area contributed by atoms with Crippen LogP contribution in [0.2, 0.25) is 0 Å². The van der Waals surface area contributed by atoms with E-state index in [0.29, 0.717) is 17.1 Å². The quantitative estimate of drug-likeness (QED) is 0.135. The minimum absolute atomic E-state index is 0. The zero-order valence-corrected chi connectivity index (χ0v) is 43.3. The van der Waals surface area contributed by atoms with Crippen LogP contribution in [0.25, 0.3) is 61.0 Å². The number of benzene rings is 9. The summed E-state index contributed by atoms with van der Waals surface area (Å²) in [4.78, 5) is 9.13. The Bertz CT molecular complexity index is 3940. The molecule has 11 aromatic rings. The molecule has 3 heterocycles. The normalized spacial score (nSPS) is 14.3. The van der Waals surface area contributed by atoms with Crippen LogP contribution >= 0.6 is 0 Å². The number of aromatic nitrogens is 2. The molecule has 0 saturated heterocycles. The van der Waals surface area contributed by atoms with Crippen LogP contribution in [-0.4, -0.2) is 9.55 Å². The fraction of sp³-hybridized carbons (Fsp3) is 0.0882. The molecule has 362 valence electrons. The molecular weight excluding hydrogens is 1080 g/mol. The zero-order chi connectivity index (χ0) is 51.8. The van der Waals surface area contributed by atoms with Gasteiger partial charge in [0.2, 0.25) is 0 Å². The second-order valence-corrected chi connectivity index (χ2v) is 19.9. The van der Waals surface area contributed by atoms with Crippen molar-refractivity contribution in [3.63, 3.8) is 0 Å². The maximum Gasteiger partial charge on any atom is 0.135 e. The van der Waals surface area contributed by atoms with Crippen LogP contribution in [-0.2, 0) is 31.9 Å². The molecule has 13 rings (SSSR count). The Morgan fingerprint density at radius 3 is 1.85 bits per heavy atom. The third kappa shape index (κ3) is 7.86. The summed E-state index contributed by atoms with van der Waals surface area (Å²) in [7, 11) is 0. The summed E-state index contributed by atoms with van der Waals surface area (Å²) < 4.78 is 33.6. The summed E-state index contributed by atoms with van der Waals surface area (Å²) in [5.74, 6) is 1.95. The molecule has 0 atom stereocenters. The third-order valence-electron chi connectivity index (χ3n) is 14.5. The zero-order valence-electron chi connectivity index (χ0n) is 44.0. The number of aryl methyl sites for hydroxylation is 1. The first kappa shape index (κ1) is 43.4. The predicted octanol–water partition coefficient (Wildman–Crippen LogP) is 16.8. The van der Waals surface area contributed by atoms with Crippen molar-refractivity contribution in [1.82, 2.24) is 9.55 Å². The first-order valence-electron chi connectivity index (χ1n) is 26.3. The van der Waals surface area contributed by atoms with Gasteiger partial charge in [-0.1, -0.05) is 184 Å². The van der Waals surface area contributed by atoms with Crippen LogP contribution in [0.5, 0.6) is 11.5 Å². The molecule has 5 nitrogen and oxygen atoms in total. The van der Waals surface area contributed by atoms with Crippen molar-refractivity contribution in [3.05, 3.63) is 283 Å². The van der Waals surface area contributed by atoms with Gasteiger partial charge in [-0.15, -0.1) is 48.1 Å². The molecule has 9 aromatic carbocycles. The minimum atomic E-state index is -2.24. The molecule has 0 spiro atoms. The van der Waals surface area contributed by atoms with Gasteiger partial charge in [0.1, 0.15) is 5.82 Å². The van der Waals surface area contributed by atoms with E-state index in [1.807, 2.05) is 42.6 Å². The maximum absolute atomic E-state index is 8.27. The SMILES string of the molecule is [2H]C([2H])([2H])c1ccc(C2(c3cc(-c4ccccc4)c(N4C=CN(c5[c-]c(Oc6[c-]c7c(cc6)c6ccccc6n7-c6cc(C(C)(C)C)ccn6)ccc5)[CH-]4)c(-c4ccccc4)c3)c3ccccc3-c3ccccc32)cc1.[Pt]. The molecule has 2 aromatic heterocycles. The van der Waals surface area contributed by atoms with Crippen LogP contribution < -0.4 is 14.5 Å². The molecule has 74 heavy (non-hydrogen) atoms. The molecule has 0 amide bonds. The molecule has 1 aliphatic carbocycles. The first-order chi connectivity index (χ1) is 36.9. The topological polar surface area (TPSA) is 33.5 Å². The van der Waals surface area contributed by atoms with Gasteiger partial charge in [0.05, 0.1) is 5.41 Å². The van der Waals surface area contributed by atoms with Crippen molar-refractivity contribution in [3.8, 4) is 50.7 Å². The number of anilines is 2. The van der Waals surface area contributed by atoms with Gasteiger partial charge >= 0.3 is 0 Å². The number of fused-ring (bicyclic) bond motifs is 6. The molecule has 0 fully saturated rings. The van der Waals surface area contributed by atoms with Crippen LogP contribution in [0, 0.1) is 25.7 Å². The number of hydrogen-bond donors (Lipinski definition) is 0. The molecule has 1 aliphatic heterocycles. The van der Waals surface area contributed by atoms with E-state index in [1.165, 1.54) is 5.56 Å². The Kier molecular flexibility index (Phi) is 10.9. The van der Waals surface area contributed by atoms with E-state index < -0.39 is 12.3 Å². The predicted molar refractivity (Wildman–Crippen MR) is 299 cm³/mol. The van der Waals surface area contributed by atoms with E-state index in [9.17, 15) is 0 Å². The van der Waals surface area contributed by atoms with Crippen molar-refractivity contribution >= 4 is 33.2 Å². The second kappa shape index (κ2) is 18.7. The molecule has 0 saturated carbocycles. The summed E-state index contributed by atoms with van der Waals surface area (Å²) in [5, 5.41) is 2.19. The van der Waals surface area contributed by atoms with Crippen molar-refractivity contribution < 1.29 is 29.9 Å². The van der Waals surface area contributed by atoms with Crippen molar-refractivity contribution in [2.24, 2.45) is 0 Å². The van der Waals surface area contributed by atoms with Gasteiger partial charge in [-0.05, 0) is 110 Å². The average molecular weight is 1140 g/mol. The monoisotopic (exact) mass is 1140 g/mol. The number of ether oxygens (including phenoxy) is 1. The number of pyridine rings is 1. The Morgan fingerprint density at radius 2 is 1.18 bits per heavy atom. The average Bonchev–Trinajstić information content (AvgIpc) is 4.19. The standard InChI is InChI=1S/C68H51N4O.Pt/c1-46-30-32-49(33-31-46)68(61-27-14-11-24-55(61)56-25-12-15-28-62(56)68)51-40-59(47-18-7-5-8-19-47)66(60(41-51)48-20-9-6-10-21-48)71-39-38-70(45-71)52-22-17-23-53(43-52)73-54-34-35-58-57-26-13-16-29-63(57)72(64(58)44-54)65-42-50(36-37-69-65)67(2,3)4;/h5-42,45H,1-4H3;/q-3;/i1D3;. The van der Waals surface area contributed by atoms with E-state index >= 15 is 0 Å². The summed E-state index contributed by atoms with van der Waals surface area (Å²) >= 11 is 0. The number of nitrogens with zero attached hydrogens (tertiary/aromatic N) is 4. The fourth-order valence-electron chi connectivity index (χ4n) is 11.1. The Labute approximate surface area is 452 Å². The van der Waals surface area contributed by atoms with E-state index in [-0.39, 0.29) is 26.5 Å². The van der Waals surface area contributed by atoms with Crippen LogP contribution in [0.4, 0.5) is 11.4 Å². The van der Waals surface area contributed by atoms with Crippen LogP contribution in [0.15, 0.2) is 231 Å². The van der Waals surface area contributed by atoms with Gasteiger partial charge in [-0.2, -0.15) is 12.1 Å². The van der Waals surface area contributed by atoms with E-state index in [2.05, 4.69) is 230 Å². The largest absolute Gasteiger partial charge is 0.509 e. The Hall–Kier alpha value is -8.24. The summed E-state index contributed by atoms with van der Waals surface area (Å²) in [6.07, 6.45) is 6.04. The van der Waals surface area contributed by atoms with E-state index in [4.69, 9.17) is 13.8 Å². The van der Waals surface area contributed by atoms with Crippen LogP contribution in [0.1, 0.15) is 58.3 Å². The van der Waals surface area contributed by atoms with Gasteiger partial charge in [-0.25, -0.2) is 4.98 Å². The van der Waals surface area contributed by atoms with Crippen molar-refractivity contribution in [2.45, 2.75) is 38.5 Å². The Morgan fingerprint density at radius 1 is 0.554 bits per heavy atom. The van der Waals surface area contributed by atoms with Gasteiger partial charge in [0.15, 0.2) is 0 Å². The molecular formula is C68H51N4OPt-3. The summed E-state index contributed by atoms with van der Waals surface area (Å²) in [6, 6.07) is 80.6. The van der Waals surface area contributed by atoms with Crippen molar-refractivity contribution in [2.75, 3.05) is 9.80 Å². The van der Waals surface area contributed by atoms with E-state index in [1.54, 1.807) is 12.1 Å². The maximum atomic E-state index is 8.27. The number of para-hydroxylation sites is 1. The van der Waals surface area contributed by atoms with Crippen LogP contribution in [0.3, 0.4) is 0 Å². The molecule has 6 heteroatoms. The van der Waals surface area contributed by atoms with Crippen molar-refractivity contribution in [1.29, 1.82) is 0 Å². The molecule has 0 bridgehead atoms. The fourth-order valence-corrected chi connectivity index (χ4v) is 11.1. The molecule has 0 N–H and O–H groups in total. The van der Waals surface area contributed by atoms with Gasteiger partial charge in [-0.3, -0.25) is 0 Å². The second-order valence-electron chi connectivity index (χ2n) is 19.9. The first-order valence-corrected chi connectivity index (χ1v) is 24.8. The van der Waals surface area contributed by atoms with Gasteiger partial charge in [0.25, 0.3) is 0 Å². The molecule has 0 radical (unpaired) electrons. The molecule has 2 aliphatic rings. The van der Waals surface area contributed by atoms with E-state index in [0.717, 1.165) is 94.6 Å². The Balaban J connectivity index is 0.00000596. The number of hydrogen-bond acceptors (Lipinski definition) is 4. The third-order valence-corrected chi connectivity index (χ3v) is 14.5. The summed E-state index contributed by atoms with van der Waals surface area (Å²) in [6.45, 7) is 6.51. The van der Waals surface area contributed by atoms with Gasteiger partial charge in [0, 0.05) is 65.2 Å². The smallest absolute Gasteiger partial charge is 0.135 e. The number of rotatable bonds is 9.